The summed E-state index contributed by atoms with van der Waals surface area (Å²) in [5.74, 6) is -0.681. The lowest BCUT2D eigenvalue weighted by Crippen LogP contribution is -2.29. The number of methoxy groups -OCH3 is 1. The van der Waals surface area contributed by atoms with Crippen molar-refractivity contribution in [3.05, 3.63) is 106 Å². The van der Waals surface area contributed by atoms with E-state index in [1.807, 2.05) is 74.2 Å². The molecule has 3 heterocycles. The maximum Gasteiger partial charge on any atom is 0.337 e. The van der Waals surface area contributed by atoms with Gasteiger partial charge in [0.1, 0.15) is 0 Å². The van der Waals surface area contributed by atoms with E-state index in [1.165, 1.54) is 7.11 Å². The molecule has 216 valence electrons. The monoisotopic (exact) mass is 601 g/mol. The van der Waals surface area contributed by atoms with Crippen molar-refractivity contribution in [1.82, 2.24) is 14.9 Å². The zero-order valence-corrected chi connectivity index (χ0v) is 25.6. The molecule has 2 N–H and O–H groups in total. The van der Waals surface area contributed by atoms with Crippen LogP contribution in [-0.4, -0.2) is 33.6 Å². The number of hydrogen-bond acceptors (Lipinski definition) is 5. The number of nitrogens with zero attached hydrogens (tertiary/aromatic N) is 3. The third kappa shape index (κ3) is 5.49. The zero-order chi connectivity index (χ0) is 30.1. The van der Waals surface area contributed by atoms with Crippen LogP contribution in [0.25, 0.3) is 5.69 Å². The van der Waals surface area contributed by atoms with Gasteiger partial charge in [-0.3, -0.25) is 9.78 Å². The summed E-state index contributed by atoms with van der Waals surface area (Å²) in [6.07, 6.45) is 1.77. The van der Waals surface area contributed by atoms with Crippen molar-refractivity contribution >= 4 is 52.2 Å². The molecule has 10 heteroatoms. The normalized spacial score (nSPS) is 16.5. The number of pyridine rings is 1. The van der Waals surface area contributed by atoms with E-state index in [4.69, 9.17) is 28.6 Å². The van der Waals surface area contributed by atoms with E-state index < -0.39 is 5.97 Å². The molecular formula is C32H32ClN5O3S. The number of halogens is 1. The minimum absolute atomic E-state index is 0.111. The van der Waals surface area contributed by atoms with E-state index in [0.29, 0.717) is 21.4 Å². The number of nitrogens with one attached hydrogen (secondary N) is 2. The first-order chi connectivity index (χ1) is 20.1. The summed E-state index contributed by atoms with van der Waals surface area (Å²) in [6.45, 7) is 7.75. The third-order valence-corrected chi connectivity index (χ3v) is 8.05. The van der Waals surface area contributed by atoms with Gasteiger partial charge >= 0.3 is 5.97 Å². The van der Waals surface area contributed by atoms with E-state index in [2.05, 4.69) is 33.2 Å². The highest BCUT2D eigenvalue weighted by Gasteiger charge is 2.42. The summed E-state index contributed by atoms with van der Waals surface area (Å²) in [5, 5.41) is 7.32. The second-order valence-corrected chi connectivity index (χ2v) is 11.3. The van der Waals surface area contributed by atoms with Crippen LogP contribution >= 0.6 is 23.8 Å². The summed E-state index contributed by atoms with van der Waals surface area (Å²) in [7, 11) is 1.37. The maximum atomic E-state index is 12.3. The van der Waals surface area contributed by atoms with Gasteiger partial charge in [-0.2, -0.15) is 0 Å². The van der Waals surface area contributed by atoms with Gasteiger partial charge in [0.2, 0.25) is 5.91 Å². The number of carbonyl (C=O) groups excluding carboxylic acids is 2. The molecule has 0 aliphatic carbocycles. The summed E-state index contributed by atoms with van der Waals surface area (Å²) in [5.41, 5.74) is 6.50. The number of benzene rings is 2. The number of rotatable bonds is 7. The Morgan fingerprint density at radius 3 is 2.50 bits per heavy atom. The standard InChI is InChI=1S/C32H32ClN5O3S/c1-18(2)30(39)35-26-13-12-23(17-25(26)33)38-29(28(36-32(38)42)27-11-6-7-14-34-27)24-15-19(3)37(20(24)4)22-10-8-9-21(16-22)31(40)41-5/h6-18,28-29H,1-5H3,(H,35,39)(H,36,42)/t28-,29+/m0/s1. The van der Waals surface area contributed by atoms with Gasteiger partial charge in [-0.1, -0.05) is 37.6 Å². The molecule has 1 fully saturated rings. The summed E-state index contributed by atoms with van der Waals surface area (Å²) in [4.78, 5) is 31.3. The Morgan fingerprint density at radius 2 is 1.83 bits per heavy atom. The van der Waals surface area contributed by atoms with Gasteiger partial charge in [0.05, 0.1) is 41.2 Å². The molecule has 2 aromatic carbocycles. The average molecular weight is 602 g/mol. The molecular weight excluding hydrogens is 570 g/mol. The fourth-order valence-corrected chi connectivity index (χ4v) is 5.92. The minimum atomic E-state index is -0.392. The maximum absolute atomic E-state index is 12.3. The molecule has 1 amide bonds. The van der Waals surface area contributed by atoms with Crippen LogP contribution in [0, 0.1) is 19.8 Å². The fraction of sp³-hybridized carbons (Fsp3) is 0.250. The highest BCUT2D eigenvalue weighted by molar-refractivity contribution is 7.80. The number of aromatic nitrogens is 2. The van der Waals surface area contributed by atoms with Crippen LogP contribution in [0.4, 0.5) is 11.4 Å². The summed E-state index contributed by atoms with van der Waals surface area (Å²) in [6, 6.07) is 20.3. The first-order valence-corrected chi connectivity index (χ1v) is 14.4. The fourth-order valence-electron chi connectivity index (χ4n) is 5.36. The Bertz CT molecular complexity index is 1670. The lowest BCUT2D eigenvalue weighted by atomic mass is 9.96. The Hall–Kier alpha value is -4.21. The zero-order valence-electron chi connectivity index (χ0n) is 24.0. The Kier molecular flexibility index (Phi) is 8.34. The highest BCUT2D eigenvalue weighted by atomic mass is 35.5. The van der Waals surface area contributed by atoms with E-state index in [9.17, 15) is 9.59 Å². The number of thiocarbonyl (C=S) groups is 1. The smallest absolute Gasteiger partial charge is 0.337 e. The van der Waals surface area contributed by atoms with E-state index in [0.717, 1.165) is 34.0 Å². The van der Waals surface area contributed by atoms with Crippen molar-refractivity contribution in [3.8, 4) is 5.69 Å². The van der Waals surface area contributed by atoms with Crippen LogP contribution in [-0.2, 0) is 9.53 Å². The first-order valence-electron chi connectivity index (χ1n) is 13.6. The van der Waals surface area contributed by atoms with Crippen LogP contribution in [0.5, 0.6) is 0 Å². The lowest BCUT2D eigenvalue weighted by molar-refractivity contribution is -0.118. The molecule has 1 aliphatic heterocycles. The van der Waals surface area contributed by atoms with Gasteiger partial charge in [-0.05, 0) is 86.2 Å². The number of carbonyl (C=O) groups is 2. The van der Waals surface area contributed by atoms with Crippen molar-refractivity contribution in [2.45, 2.75) is 39.8 Å². The van der Waals surface area contributed by atoms with Crippen molar-refractivity contribution in [2.75, 3.05) is 17.3 Å². The number of aryl methyl sites for hydroxylation is 1. The highest BCUT2D eigenvalue weighted by Crippen LogP contribution is 2.44. The molecule has 1 aliphatic rings. The third-order valence-electron chi connectivity index (χ3n) is 7.43. The molecule has 0 bridgehead atoms. The summed E-state index contributed by atoms with van der Waals surface area (Å²) >= 11 is 12.6. The van der Waals surface area contributed by atoms with E-state index in [-0.39, 0.29) is 23.9 Å². The molecule has 1 saturated heterocycles. The van der Waals surface area contributed by atoms with Crippen molar-refractivity contribution in [1.29, 1.82) is 0 Å². The molecule has 8 nitrogen and oxygen atoms in total. The van der Waals surface area contributed by atoms with Gasteiger partial charge in [-0.15, -0.1) is 0 Å². The quantitative estimate of drug-likeness (QED) is 0.180. The number of ether oxygens (including phenoxy) is 1. The predicted molar refractivity (Wildman–Crippen MR) is 169 cm³/mol. The second-order valence-electron chi connectivity index (χ2n) is 10.5. The molecule has 0 saturated carbocycles. The molecule has 4 aromatic rings. The van der Waals surface area contributed by atoms with Crippen molar-refractivity contribution in [3.63, 3.8) is 0 Å². The molecule has 0 unspecified atom stereocenters. The number of hydrogen-bond donors (Lipinski definition) is 2. The van der Waals surface area contributed by atoms with Crippen LogP contribution in [0.1, 0.15) is 58.9 Å². The van der Waals surface area contributed by atoms with E-state index in [1.54, 1.807) is 18.3 Å². The average Bonchev–Trinajstić information content (AvgIpc) is 3.48. The first kappa shape index (κ1) is 29.3. The molecule has 0 radical (unpaired) electrons. The molecule has 0 spiro atoms. The SMILES string of the molecule is COC(=O)c1cccc(-n2c(C)cc([C@@H]3[C@H](c4ccccn4)NC(=S)N3c3ccc(NC(=O)C(C)C)c(Cl)c3)c2C)c1. The Labute approximate surface area is 255 Å². The number of esters is 1. The minimum Gasteiger partial charge on any atom is -0.465 e. The largest absolute Gasteiger partial charge is 0.465 e. The molecule has 5 rings (SSSR count). The van der Waals surface area contributed by atoms with Crippen molar-refractivity contribution in [2.24, 2.45) is 5.92 Å². The Morgan fingerprint density at radius 1 is 1.05 bits per heavy atom. The molecule has 2 atom stereocenters. The van der Waals surface area contributed by atoms with Gasteiger partial charge in [0.15, 0.2) is 5.11 Å². The van der Waals surface area contributed by atoms with Crippen LogP contribution in [0.2, 0.25) is 5.02 Å². The summed E-state index contributed by atoms with van der Waals surface area (Å²) < 4.78 is 7.06. The van der Waals surface area contributed by atoms with Gasteiger partial charge in [0.25, 0.3) is 0 Å². The van der Waals surface area contributed by atoms with Gasteiger partial charge in [-0.25, -0.2) is 4.79 Å². The second kappa shape index (κ2) is 12.0. The Balaban J connectivity index is 1.62. The number of amides is 1. The molecule has 42 heavy (non-hydrogen) atoms. The van der Waals surface area contributed by atoms with E-state index >= 15 is 0 Å². The van der Waals surface area contributed by atoms with Crippen LogP contribution < -0.4 is 15.5 Å². The predicted octanol–water partition coefficient (Wildman–Crippen LogP) is 6.70. The van der Waals surface area contributed by atoms with Crippen LogP contribution in [0.15, 0.2) is 72.9 Å². The van der Waals surface area contributed by atoms with Crippen LogP contribution in [0.3, 0.4) is 0 Å². The topological polar surface area (TPSA) is 88.5 Å². The van der Waals surface area contributed by atoms with Gasteiger partial charge in [0, 0.05) is 34.9 Å². The lowest BCUT2D eigenvalue weighted by Gasteiger charge is -2.28. The molecule has 2 aromatic heterocycles. The van der Waals surface area contributed by atoms with Crippen molar-refractivity contribution < 1.29 is 14.3 Å². The van der Waals surface area contributed by atoms with Gasteiger partial charge < -0.3 is 24.8 Å². The number of anilines is 2.